The van der Waals surface area contributed by atoms with E-state index in [1.807, 2.05) is 43.5 Å². The second-order valence-electron chi connectivity index (χ2n) is 7.43. The molecular formula is C23H23N5O2S2. The summed E-state index contributed by atoms with van der Waals surface area (Å²) >= 11 is 2.67. The maximum absolute atomic E-state index is 13.4. The molecule has 4 rings (SSSR count). The number of aryl methyl sites for hydroxylation is 3. The van der Waals surface area contributed by atoms with Gasteiger partial charge in [-0.2, -0.15) is 5.10 Å². The van der Waals surface area contributed by atoms with E-state index in [-0.39, 0.29) is 17.2 Å². The summed E-state index contributed by atoms with van der Waals surface area (Å²) in [5.41, 5.74) is 3.72. The number of amides is 1. The van der Waals surface area contributed by atoms with Gasteiger partial charge in [0.2, 0.25) is 5.91 Å². The first kappa shape index (κ1) is 22.0. The minimum Gasteiger partial charge on any atom is -0.310 e. The van der Waals surface area contributed by atoms with E-state index in [4.69, 9.17) is 4.98 Å². The second kappa shape index (κ2) is 9.13. The summed E-state index contributed by atoms with van der Waals surface area (Å²) < 4.78 is 3.19. The molecule has 1 N–H and O–H groups in total. The van der Waals surface area contributed by atoms with Crippen molar-refractivity contribution >= 4 is 45.0 Å². The van der Waals surface area contributed by atoms with Crippen molar-refractivity contribution in [2.24, 2.45) is 7.05 Å². The number of carbonyl (C=O) groups excluding carboxylic acids is 1. The molecule has 1 aromatic carbocycles. The van der Waals surface area contributed by atoms with E-state index in [0.717, 1.165) is 22.4 Å². The number of fused-ring (bicyclic) bond motifs is 1. The van der Waals surface area contributed by atoms with Crippen LogP contribution < -0.4 is 10.9 Å². The highest BCUT2D eigenvalue weighted by Crippen LogP contribution is 2.32. The first-order valence-corrected chi connectivity index (χ1v) is 11.9. The van der Waals surface area contributed by atoms with Gasteiger partial charge in [0, 0.05) is 30.6 Å². The fourth-order valence-corrected chi connectivity index (χ4v) is 5.19. The molecule has 0 atom stereocenters. The van der Waals surface area contributed by atoms with Gasteiger partial charge in [0.1, 0.15) is 10.6 Å². The lowest BCUT2D eigenvalue weighted by Gasteiger charge is -2.11. The highest BCUT2D eigenvalue weighted by molar-refractivity contribution is 7.99. The van der Waals surface area contributed by atoms with Gasteiger partial charge in [-0.15, -0.1) is 17.9 Å². The van der Waals surface area contributed by atoms with Crippen molar-refractivity contribution in [1.82, 2.24) is 19.3 Å². The van der Waals surface area contributed by atoms with Crippen molar-refractivity contribution in [3.8, 4) is 11.1 Å². The number of rotatable bonds is 7. The molecule has 0 aliphatic heterocycles. The van der Waals surface area contributed by atoms with Gasteiger partial charge < -0.3 is 5.32 Å². The quantitative estimate of drug-likeness (QED) is 0.249. The van der Waals surface area contributed by atoms with Gasteiger partial charge in [-0.25, -0.2) is 4.98 Å². The average molecular weight is 466 g/mol. The molecule has 32 heavy (non-hydrogen) atoms. The van der Waals surface area contributed by atoms with Crippen molar-refractivity contribution in [2.75, 3.05) is 11.1 Å². The van der Waals surface area contributed by atoms with E-state index in [1.165, 1.54) is 23.1 Å². The molecule has 0 unspecified atom stereocenters. The monoisotopic (exact) mass is 465 g/mol. The van der Waals surface area contributed by atoms with Crippen LogP contribution in [0.5, 0.6) is 0 Å². The van der Waals surface area contributed by atoms with Gasteiger partial charge in [-0.05, 0) is 19.4 Å². The predicted octanol–water partition coefficient (Wildman–Crippen LogP) is 4.39. The van der Waals surface area contributed by atoms with Crippen LogP contribution in [0.25, 0.3) is 21.3 Å². The number of anilines is 1. The van der Waals surface area contributed by atoms with Gasteiger partial charge in [0.15, 0.2) is 5.16 Å². The molecule has 0 spiro atoms. The first-order chi connectivity index (χ1) is 15.4. The van der Waals surface area contributed by atoms with E-state index in [2.05, 4.69) is 17.0 Å². The summed E-state index contributed by atoms with van der Waals surface area (Å²) in [5.74, 6) is 0.556. The lowest BCUT2D eigenvalue weighted by atomic mass is 10.1. The zero-order chi connectivity index (χ0) is 22.8. The Morgan fingerprint density at radius 2 is 2.03 bits per heavy atom. The largest absolute Gasteiger partial charge is 0.310 e. The average Bonchev–Trinajstić information content (AvgIpc) is 3.32. The molecule has 9 heteroatoms. The SMILES string of the molecule is C=CCn1c(SCC(=O)Nc2cc(C)nn2C)nc2scc(-c3ccc(C)cc3)c2c1=O. The Labute approximate surface area is 193 Å². The topological polar surface area (TPSA) is 81.8 Å². The summed E-state index contributed by atoms with van der Waals surface area (Å²) in [6.07, 6.45) is 1.66. The smallest absolute Gasteiger partial charge is 0.263 e. The van der Waals surface area contributed by atoms with Gasteiger partial charge in [-0.1, -0.05) is 47.7 Å². The van der Waals surface area contributed by atoms with Crippen LogP contribution in [0.15, 0.2) is 58.3 Å². The fraction of sp³-hybridized carbons (Fsp3) is 0.217. The van der Waals surface area contributed by atoms with Gasteiger partial charge in [0.05, 0.1) is 16.8 Å². The molecular weight excluding hydrogens is 442 g/mol. The van der Waals surface area contributed by atoms with E-state index in [0.29, 0.717) is 27.7 Å². The van der Waals surface area contributed by atoms with Crippen molar-refractivity contribution in [3.63, 3.8) is 0 Å². The highest BCUT2D eigenvalue weighted by atomic mass is 32.2. The Hall–Kier alpha value is -3.17. The number of hydrogen-bond acceptors (Lipinski definition) is 6. The third kappa shape index (κ3) is 4.39. The van der Waals surface area contributed by atoms with Crippen molar-refractivity contribution in [1.29, 1.82) is 0 Å². The van der Waals surface area contributed by atoms with Crippen LogP contribution in [0.4, 0.5) is 5.82 Å². The molecule has 3 heterocycles. The molecule has 4 aromatic rings. The van der Waals surface area contributed by atoms with E-state index < -0.39 is 0 Å². The van der Waals surface area contributed by atoms with Crippen LogP contribution in [-0.4, -0.2) is 31.0 Å². The van der Waals surface area contributed by atoms with Crippen molar-refractivity contribution in [2.45, 2.75) is 25.5 Å². The Balaban J connectivity index is 1.64. The number of allylic oxidation sites excluding steroid dienone is 1. The Kier molecular flexibility index (Phi) is 6.29. The number of aromatic nitrogens is 4. The lowest BCUT2D eigenvalue weighted by Crippen LogP contribution is -2.23. The lowest BCUT2D eigenvalue weighted by molar-refractivity contribution is -0.113. The maximum Gasteiger partial charge on any atom is 0.263 e. The Morgan fingerprint density at radius 1 is 1.28 bits per heavy atom. The van der Waals surface area contributed by atoms with Gasteiger partial charge in [0.25, 0.3) is 5.56 Å². The molecule has 0 fully saturated rings. The molecule has 0 aliphatic carbocycles. The fourth-order valence-electron chi connectivity index (χ4n) is 3.39. The maximum atomic E-state index is 13.4. The van der Waals surface area contributed by atoms with Gasteiger partial charge >= 0.3 is 0 Å². The van der Waals surface area contributed by atoms with E-state index in [1.54, 1.807) is 28.4 Å². The Morgan fingerprint density at radius 3 is 2.69 bits per heavy atom. The Bertz CT molecular complexity index is 1370. The highest BCUT2D eigenvalue weighted by Gasteiger charge is 2.18. The van der Waals surface area contributed by atoms with Crippen molar-refractivity contribution < 1.29 is 4.79 Å². The molecule has 7 nitrogen and oxygen atoms in total. The summed E-state index contributed by atoms with van der Waals surface area (Å²) in [5, 5.41) is 10.1. The van der Waals surface area contributed by atoms with Crippen LogP contribution in [0.3, 0.4) is 0 Å². The van der Waals surface area contributed by atoms with Crippen LogP contribution in [0.2, 0.25) is 0 Å². The molecule has 1 amide bonds. The van der Waals surface area contributed by atoms with Gasteiger partial charge in [-0.3, -0.25) is 18.8 Å². The zero-order valence-corrected chi connectivity index (χ0v) is 19.7. The van der Waals surface area contributed by atoms with Crippen LogP contribution in [0.1, 0.15) is 11.3 Å². The number of benzene rings is 1. The number of carbonyl (C=O) groups is 1. The minimum atomic E-state index is -0.191. The first-order valence-electron chi connectivity index (χ1n) is 10.0. The summed E-state index contributed by atoms with van der Waals surface area (Å²) in [7, 11) is 1.77. The van der Waals surface area contributed by atoms with Crippen LogP contribution in [0, 0.1) is 13.8 Å². The van der Waals surface area contributed by atoms with Crippen molar-refractivity contribution in [3.05, 3.63) is 70.0 Å². The number of nitrogens with zero attached hydrogens (tertiary/aromatic N) is 4. The molecule has 0 radical (unpaired) electrons. The second-order valence-corrected chi connectivity index (χ2v) is 9.23. The summed E-state index contributed by atoms with van der Waals surface area (Å²) in [6.45, 7) is 7.99. The molecule has 0 aliphatic rings. The number of nitrogens with one attached hydrogen (secondary N) is 1. The number of thiophene rings is 1. The summed E-state index contributed by atoms with van der Waals surface area (Å²) in [6, 6.07) is 9.89. The van der Waals surface area contributed by atoms with E-state index in [9.17, 15) is 9.59 Å². The number of hydrogen-bond donors (Lipinski definition) is 1. The molecule has 0 saturated carbocycles. The predicted molar refractivity (Wildman–Crippen MR) is 132 cm³/mol. The summed E-state index contributed by atoms with van der Waals surface area (Å²) in [4.78, 5) is 31.3. The molecule has 164 valence electrons. The third-order valence-corrected chi connectivity index (χ3v) is 6.78. The standard InChI is InChI=1S/C23H23N5O2S2/c1-5-10-28-22(30)20-17(16-8-6-14(2)7-9-16)12-31-21(20)25-23(28)32-13-19(29)24-18-11-15(3)26-27(18)4/h5-9,11-12H,1,10,13H2,2-4H3,(H,24,29). The number of thioether (sulfide) groups is 1. The minimum absolute atomic E-state index is 0.121. The normalized spacial score (nSPS) is 11.1. The molecule has 0 saturated heterocycles. The van der Waals surface area contributed by atoms with Crippen LogP contribution >= 0.6 is 23.1 Å². The zero-order valence-electron chi connectivity index (χ0n) is 18.1. The van der Waals surface area contributed by atoms with Crippen LogP contribution in [-0.2, 0) is 18.4 Å². The van der Waals surface area contributed by atoms with E-state index >= 15 is 0 Å². The third-order valence-electron chi connectivity index (χ3n) is 4.93. The molecule has 3 aromatic heterocycles. The molecule has 0 bridgehead atoms.